The Morgan fingerprint density at radius 1 is 1.47 bits per heavy atom. The summed E-state index contributed by atoms with van der Waals surface area (Å²) in [5.41, 5.74) is 0.453. The molecule has 0 amide bonds. The van der Waals surface area contributed by atoms with E-state index in [1.54, 1.807) is 13.0 Å². The number of rotatable bonds is 2. The smallest absolute Gasteiger partial charge is 0.328 e. The standard InChI is InChI=1S/C10H10N2O3/c1-2-12-9(13)5-8(11-10(12)14)7-3-4-15-6-7/h3-6H,2H2,1H3,(H,11,14). The van der Waals surface area contributed by atoms with Crippen LogP contribution in [0, 0.1) is 0 Å². The van der Waals surface area contributed by atoms with Gasteiger partial charge in [-0.15, -0.1) is 0 Å². The Balaban J connectivity index is 2.64. The van der Waals surface area contributed by atoms with Crippen molar-refractivity contribution in [3.8, 4) is 11.3 Å². The number of aromatic amines is 1. The highest BCUT2D eigenvalue weighted by atomic mass is 16.3. The summed E-state index contributed by atoms with van der Waals surface area (Å²) in [6.07, 6.45) is 2.96. The summed E-state index contributed by atoms with van der Waals surface area (Å²) >= 11 is 0. The molecular weight excluding hydrogens is 196 g/mol. The molecule has 2 rings (SSSR count). The van der Waals surface area contributed by atoms with E-state index in [1.165, 1.54) is 18.6 Å². The second kappa shape index (κ2) is 3.61. The predicted molar refractivity (Wildman–Crippen MR) is 54.7 cm³/mol. The molecule has 0 spiro atoms. The van der Waals surface area contributed by atoms with E-state index in [1.807, 2.05) is 0 Å². The van der Waals surface area contributed by atoms with Crippen molar-refractivity contribution in [2.75, 3.05) is 0 Å². The van der Waals surface area contributed by atoms with Crippen molar-refractivity contribution in [3.63, 3.8) is 0 Å². The van der Waals surface area contributed by atoms with Crippen LogP contribution in [0.2, 0.25) is 0 Å². The van der Waals surface area contributed by atoms with Gasteiger partial charge in [-0.3, -0.25) is 9.36 Å². The number of aromatic nitrogens is 2. The van der Waals surface area contributed by atoms with Gasteiger partial charge in [0.05, 0.1) is 18.2 Å². The molecule has 0 fully saturated rings. The monoisotopic (exact) mass is 206 g/mol. The molecule has 78 valence electrons. The van der Waals surface area contributed by atoms with Gasteiger partial charge in [-0.05, 0) is 13.0 Å². The Hall–Kier alpha value is -2.04. The van der Waals surface area contributed by atoms with Gasteiger partial charge in [-0.25, -0.2) is 4.79 Å². The zero-order valence-electron chi connectivity index (χ0n) is 8.19. The topological polar surface area (TPSA) is 68.0 Å². The molecule has 0 atom stereocenters. The predicted octanol–water partition coefficient (Wildman–Crippen LogP) is 0.816. The van der Waals surface area contributed by atoms with Crippen molar-refractivity contribution < 1.29 is 4.42 Å². The molecule has 2 heterocycles. The van der Waals surface area contributed by atoms with Crippen LogP contribution in [0.3, 0.4) is 0 Å². The third kappa shape index (κ3) is 1.63. The van der Waals surface area contributed by atoms with E-state index in [-0.39, 0.29) is 5.56 Å². The largest absolute Gasteiger partial charge is 0.472 e. The first kappa shape index (κ1) is 9.51. The summed E-state index contributed by atoms with van der Waals surface area (Å²) < 4.78 is 6.00. The quantitative estimate of drug-likeness (QED) is 0.790. The summed E-state index contributed by atoms with van der Waals surface area (Å²) in [6.45, 7) is 2.11. The molecule has 0 unspecified atom stereocenters. The van der Waals surface area contributed by atoms with Gasteiger partial charge in [-0.2, -0.15) is 0 Å². The maximum absolute atomic E-state index is 11.5. The van der Waals surface area contributed by atoms with Crippen LogP contribution in [0.15, 0.2) is 38.7 Å². The van der Waals surface area contributed by atoms with Crippen molar-refractivity contribution in [1.29, 1.82) is 0 Å². The minimum Gasteiger partial charge on any atom is -0.472 e. The molecule has 15 heavy (non-hydrogen) atoms. The Bertz CT molecular complexity index is 532. The molecule has 0 radical (unpaired) electrons. The molecular formula is C10H10N2O3. The SMILES string of the molecule is CCn1c(=O)cc(-c2ccoc2)[nH]c1=O. The molecule has 2 aromatic rings. The number of furan rings is 1. The van der Waals surface area contributed by atoms with Crippen molar-refractivity contribution in [3.05, 3.63) is 45.5 Å². The molecule has 0 bridgehead atoms. The minimum atomic E-state index is -0.402. The van der Waals surface area contributed by atoms with Crippen molar-refractivity contribution in [2.24, 2.45) is 0 Å². The lowest BCUT2D eigenvalue weighted by molar-refractivity contribution is 0.568. The summed E-state index contributed by atoms with van der Waals surface area (Å²) in [7, 11) is 0. The highest BCUT2D eigenvalue weighted by molar-refractivity contribution is 5.56. The Labute approximate surface area is 85.0 Å². The number of hydrogen-bond donors (Lipinski definition) is 1. The summed E-state index contributed by atoms with van der Waals surface area (Å²) in [4.78, 5) is 25.6. The van der Waals surface area contributed by atoms with Crippen LogP contribution in [0.1, 0.15) is 6.92 Å². The van der Waals surface area contributed by atoms with Gasteiger partial charge in [0.25, 0.3) is 5.56 Å². The Morgan fingerprint density at radius 3 is 2.80 bits per heavy atom. The number of nitrogens with zero attached hydrogens (tertiary/aromatic N) is 1. The van der Waals surface area contributed by atoms with Gasteiger partial charge >= 0.3 is 5.69 Å². The summed E-state index contributed by atoms with van der Waals surface area (Å²) in [5, 5.41) is 0. The van der Waals surface area contributed by atoms with Crippen molar-refractivity contribution in [1.82, 2.24) is 9.55 Å². The normalized spacial score (nSPS) is 10.5. The molecule has 0 saturated heterocycles. The van der Waals surface area contributed by atoms with E-state index < -0.39 is 5.69 Å². The number of nitrogens with one attached hydrogen (secondary N) is 1. The first-order valence-corrected chi connectivity index (χ1v) is 4.59. The van der Waals surface area contributed by atoms with Gasteiger partial charge in [0, 0.05) is 18.2 Å². The molecule has 1 N–H and O–H groups in total. The van der Waals surface area contributed by atoms with Gasteiger partial charge in [0.1, 0.15) is 0 Å². The molecule has 5 heteroatoms. The Kier molecular flexibility index (Phi) is 2.29. The van der Waals surface area contributed by atoms with Crippen molar-refractivity contribution >= 4 is 0 Å². The van der Waals surface area contributed by atoms with Crippen LogP contribution in [0.5, 0.6) is 0 Å². The summed E-state index contributed by atoms with van der Waals surface area (Å²) in [6, 6.07) is 3.07. The van der Waals surface area contributed by atoms with Gasteiger partial charge in [0.15, 0.2) is 0 Å². The molecule has 0 aliphatic carbocycles. The first-order valence-electron chi connectivity index (χ1n) is 4.59. The maximum Gasteiger partial charge on any atom is 0.328 e. The number of hydrogen-bond acceptors (Lipinski definition) is 3. The summed E-state index contributed by atoms with van der Waals surface area (Å²) in [5.74, 6) is 0. The lowest BCUT2D eigenvalue weighted by atomic mass is 10.2. The second-order valence-electron chi connectivity index (χ2n) is 3.08. The molecule has 0 saturated carbocycles. The fourth-order valence-electron chi connectivity index (χ4n) is 1.39. The fraction of sp³-hybridized carbons (Fsp3) is 0.200. The number of H-pyrrole nitrogens is 1. The first-order chi connectivity index (χ1) is 7.22. The highest BCUT2D eigenvalue weighted by Crippen LogP contribution is 2.13. The van der Waals surface area contributed by atoms with E-state index in [0.29, 0.717) is 17.8 Å². The van der Waals surface area contributed by atoms with Gasteiger partial charge < -0.3 is 9.40 Å². The van der Waals surface area contributed by atoms with Crippen LogP contribution in [0.4, 0.5) is 0 Å². The second-order valence-corrected chi connectivity index (χ2v) is 3.08. The van der Waals surface area contributed by atoms with E-state index >= 15 is 0 Å². The molecule has 2 aromatic heterocycles. The van der Waals surface area contributed by atoms with E-state index in [0.717, 1.165) is 4.57 Å². The van der Waals surface area contributed by atoms with Crippen LogP contribution in [0.25, 0.3) is 11.3 Å². The average Bonchev–Trinajstić information content (AvgIpc) is 2.69. The van der Waals surface area contributed by atoms with Crippen molar-refractivity contribution in [2.45, 2.75) is 13.5 Å². The van der Waals surface area contributed by atoms with Crippen LogP contribution < -0.4 is 11.2 Å². The van der Waals surface area contributed by atoms with Crippen LogP contribution in [-0.2, 0) is 6.54 Å². The third-order valence-electron chi connectivity index (χ3n) is 2.17. The van der Waals surface area contributed by atoms with Crippen LogP contribution in [-0.4, -0.2) is 9.55 Å². The maximum atomic E-state index is 11.5. The van der Waals surface area contributed by atoms with Gasteiger partial charge in [0.2, 0.25) is 0 Å². The zero-order valence-corrected chi connectivity index (χ0v) is 8.19. The Morgan fingerprint density at radius 2 is 2.27 bits per heavy atom. The van der Waals surface area contributed by atoms with E-state index in [4.69, 9.17) is 4.42 Å². The van der Waals surface area contributed by atoms with E-state index in [2.05, 4.69) is 4.98 Å². The minimum absolute atomic E-state index is 0.308. The fourth-order valence-corrected chi connectivity index (χ4v) is 1.39. The molecule has 5 nitrogen and oxygen atoms in total. The molecule has 0 aromatic carbocycles. The molecule has 0 aliphatic rings. The van der Waals surface area contributed by atoms with E-state index in [9.17, 15) is 9.59 Å². The molecule has 0 aliphatic heterocycles. The lowest BCUT2D eigenvalue weighted by Gasteiger charge is -2.01. The zero-order chi connectivity index (χ0) is 10.8. The average molecular weight is 206 g/mol. The van der Waals surface area contributed by atoms with Crippen LogP contribution >= 0.6 is 0 Å². The van der Waals surface area contributed by atoms with Gasteiger partial charge in [-0.1, -0.05) is 0 Å². The lowest BCUT2D eigenvalue weighted by Crippen LogP contribution is -2.34. The third-order valence-corrected chi connectivity index (χ3v) is 2.17. The highest BCUT2D eigenvalue weighted by Gasteiger charge is 2.05.